The highest BCUT2D eigenvalue weighted by Crippen LogP contribution is 2.23. The van der Waals surface area contributed by atoms with Crippen molar-refractivity contribution in [2.24, 2.45) is 0 Å². The molecule has 194 valence electrons. The van der Waals surface area contributed by atoms with Gasteiger partial charge < -0.3 is 14.2 Å². The third-order valence-electron chi connectivity index (χ3n) is 6.36. The van der Waals surface area contributed by atoms with E-state index < -0.39 is 0 Å². The summed E-state index contributed by atoms with van der Waals surface area (Å²) in [6, 6.07) is 13.4. The summed E-state index contributed by atoms with van der Waals surface area (Å²) in [5.74, 6) is 7.93. The molecule has 0 radical (unpaired) electrons. The largest absolute Gasteiger partial charge is 0.492 e. The molecule has 0 N–H and O–H groups in total. The fraction of sp³-hybridized carbons (Fsp3) is 0.433. The Hall–Kier alpha value is -3.47. The number of carbonyl (C=O) groups excluding carboxylic acids is 1. The van der Waals surface area contributed by atoms with Crippen LogP contribution >= 0.6 is 0 Å². The summed E-state index contributed by atoms with van der Waals surface area (Å²) in [7, 11) is 2.16. The number of piperazine rings is 1. The second-order valence-electron chi connectivity index (χ2n) is 10.6. The van der Waals surface area contributed by atoms with Crippen molar-refractivity contribution in [1.29, 1.82) is 0 Å². The summed E-state index contributed by atoms with van der Waals surface area (Å²) in [5.41, 5.74) is 2.95. The Balaban J connectivity index is 1.22. The number of Topliss-reactive ketones (excluding diaryl/α,β-unsaturated/α-hetero) is 1. The zero-order valence-electron chi connectivity index (χ0n) is 22.3. The third-order valence-corrected chi connectivity index (χ3v) is 6.36. The van der Waals surface area contributed by atoms with Gasteiger partial charge in [0.1, 0.15) is 29.6 Å². The molecule has 2 aromatic heterocycles. The molecular formula is C30H36N4O3. The molecule has 7 nitrogen and oxygen atoms in total. The number of benzene rings is 1. The lowest BCUT2D eigenvalue weighted by atomic mass is 9.93. The van der Waals surface area contributed by atoms with E-state index in [1.807, 2.05) is 42.5 Å². The van der Waals surface area contributed by atoms with Crippen LogP contribution in [-0.2, 0) is 23.1 Å². The lowest BCUT2D eigenvalue weighted by molar-refractivity contribution is -0.117. The van der Waals surface area contributed by atoms with Gasteiger partial charge in [0.05, 0.1) is 12.1 Å². The molecule has 0 unspecified atom stereocenters. The quantitative estimate of drug-likeness (QED) is 0.436. The second kappa shape index (κ2) is 12.2. The molecule has 1 fully saturated rings. The van der Waals surface area contributed by atoms with Crippen molar-refractivity contribution >= 4 is 5.78 Å². The van der Waals surface area contributed by atoms with Crippen LogP contribution in [0.15, 0.2) is 53.2 Å². The first kappa shape index (κ1) is 26.6. The zero-order valence-corrected chi connectivity index (χ0v) is 22.3. The van der Waals surface area contributed by atoms with Gasteiger partial charge in [-0.25, -0.2) is 4.98 Å². The average molecular weight is 501 g/mol. The molecule has 1 aliphatic rings. The predicted molar refractivity (Wildman–Crippen MR) is 144 cm³/mol. The molecule has 1 saturated heterocycles. The SMILES string of the molecule is CN1CCN(CCOc2ccc(C#Cc3ccc(CC(=O)Cc4cc(C(C)(C)C)on4)cn3)cc2)CC1. The van der Waals surface area contributed by atoms with Crippen molar-refractivity contribution in [1.82, 2.24) is 19.9 Å². The van der Waals surface area contributed by atoms with Crippen molar-refractivity contribution in [3.8, 4) is 17.6 Å². The highest BCUT2D eigenvalue weighted by atomic mass is 16.5. The first-order valence-electron chi connectivity index (χ1n) is 12.8. The van der Waals surface area contributed by atoms with Crippen molar-refractivity contribution < 1.29 is 14.1 Å². The summed E-state index contributed by atoms with van der Waals surface area (Å²) in [4.78, 5) is 21.7. The topological polar surface area (TPSA) is 71.7 Å². The first-order chi connectivity index (χ1) is 17.7. The Morgan fingerprint density at radius 3 is 2.43 bits per heavy atom. The fourth-order valence-corrected chi connectivity index (χ4v) is 3.98. The van der Waals surface area contributed by atoms with Crippen molar-refractivity contribution in [3.05, 3.63) is 76.9 Å². The Bertz CT molecular complexity index is 1220. The van der Waals surface area contributed by atoms with Crippen molar-refractivity contribution in [2.75, 3.05) is 46.4 Å². The summed E-state index contributed by atoms with van der Waals surface area (Å²) in [6.45, 7) is 12.2. The molecule has 0 spiro atoms. The first-order valence-corrected chi connectivity index (χ1v) is 12.8. The van der Waals surface area contributed by atoms with Gasteiger partial charge in [-0.3, -0.25) is 9.69 Å². The van der Waals surface area contributed by atoms with E-state index >= 15 is 0 Å². The summed E-state index contributed by atoms with van der Waals surface area (Å²) in [6.07, 6.45) is 2.26. The number of nitrogens with zero attached hydrogens (tertiary/aromatic N) is 4. The zero-order chi connectivity index (χ0) is 26.3. The molecule has 3 heterocycles. The minimum atomic E-state index is -0.130. The van der Waals surface area contributed by atoms with E-state index in [2.05, 4.69) is 59.6 Å². The van der Waals surface area contributed by atoms with Crippen LogP contribution < -0.4 is 4.74 Å². The van der Waals surface area contributed by atoms with Gasteiger partial charge in [-0.2, -0.15) is 0 Å². The van der Waals surface area contributed by atoms with E-state index in [4.69, 9.17) is 9.26 Å². The van der Waals surface area contributed by atoms with E-state index in [0.29, 0.717) is 24.4 Å². The van der Waals surface area contributed by atoms with Gasteiger partial charge in [-0.1, -0.05) is 37.9 Å². The highest BCUT2D eigenvalue weighted by Gasteiger charge is 2.20. The molecule has 0 bridgehead atoms. The van der Waals surface area contributed by atoms with E-state index in [1.165, 1.54) is 0 Å². The van der Waals surface area contributed by atoms with E-state index in [0.717, 1.165) is 55.4 Å². The normalized spacial score (nSPS) is 14.7. The Morgan fingerprint density at radius 1 is 1.03 bits per heavy atom. The molecule has 0 aliphatic carbocycles. The molecule has 3 aromatic rings. The molecule has 1 aliphatic heterocycles. The van der Waals surface area contributed by atoms with Gasteiger partial charge >= 0.3 is 0 Å². The maximum Gasteiger partial charge on any atom is 0.143 e. The molecule has 0 amide bonds. The number of ketones is 1. The van der Waals surface area contributed by atoms with Crippen LogP contribution in [0, 0.1) is 11.8 Å². The second-order valence-corrected chi connectivity index (χ2v) is 10.6. The van der Waals surface area contributed by atoms with Crippen LogP contribution in [-0.4, -0.2) is 72.1 Å². The number of carbonyl (C=O) groups is 1. The number of rotatable bonds is 8. The molecule has 37 heavy (non-hydrogen) atoms. The monoisotopic (exact) mass is 500 g/mol. The smallest absolute Gasteiger partial charge is 0.143 e. The fourth-order valence-electron chi connectivity index (χ4n) is 3.98. The lowest BCUT2D eigenvalue weighted by Gasteiger charge is -2.32. The molecule has 1 aromatic carbocycles. The van der Waals surface area contributed by atoms with Crippen LogP contribution in [0.25, 0.3) is 0 Å². The van der Waals surface area contributed by atoms with Gasteiger partial charge in [0.2, 0.25) is 0 Å². The number of aromatic nitrogens is 2. The molecule has 0 saturated carbocycles. The number of pyridine rings is 1. The highest BCUT2D eigenvalue weighted by molar-refractivity contribution is 5.82. The maximum absolute atomic E-state index is 12.5. The molecule has 4 rings (SSSR count). The van der Waals surface area contributed by atoms with Gasteiger partial charge in [0.25, 0.3) is 0 Å². The summed E-state index contributed by atoms with van der Waals surface area (Å²) >= 11 is 0. The number of likely N-dealkylation sites (N-methyl/N-ethyl adjacent to an activating group) is 1. The number of ether oxygens (including phenoxy) is 1. The Kier molecular flexibility index (Phi) is 8.75. The van der Waals surface area contributed by atoms with Crippen molar-refractivity contribution in [3.63, 3.8) is 0 Å². The van der Waals surface area contributed by atoms with E-state index in [9.17, 15) is 4.79 Å². The summed E-state index contributed by atoms with van der Waals surface area (Å²) < 4.78 is 11.3. The van der Waals surface area contributed by atoms with Crippen LogP contribution in [0.3, 0.4) is 0 Å². The summed E-state index contributed by atoms with van der Waals surface area (Å²) in [5, 5.41) is 4.03. The van der Waals surface area contributed by atoms with Crippen molar-refractivity contribution in [2.45, 2.75) is 39.0 Å². The van der Waals surface area contributed by atoms with Crippen LogP contribution in [0.4, 0.5) is 0 Å². The molecular weight excluding hydrogens is 464 g/mol. The average Bonchev–Trinajstić information content (AvgIpc) is 3.35. The van der Waals surface area contributed by atoms with Gasteiger partial charge in [-0.15, -0.1) is 0 Å². The Labute approximate surface area is 219 Å². The van der Waals surface area contributed by atoms with Gasteiger partial charge in [-0.05, 0) is 48.9 Å². The van der Waals surface area contributed by atoms with Gasteiger partial charge in [0.15, 0.2) is 0 Å². The Morgan fingerprint density at radius 2 is 1.78 bits per heavy atom. The van der Waals surface area contributed by atoms with Crippen LogP contribution in [0.1, 0.15) is 49.0 Å². The standard InChI is InChI=1S/C30H36N4O3/c1-30(2,3)29-21-26(32-37-29)20-27(35)19-24-6-10-25(31-22-24)9-5-23-7-11-28(12-8-23)36-18-17-34-15-13-33(4)14-16-34/h6-8,10-12,21-22H,13-20H2,1-4H3. The number of hydrogen-bond donors (Lipinski definition) is 0. The molecule has 0 atom stereocenters. The third kappa shape index (κ3) is 8.28. The van der Waals surface area contributed by atoms with Crippen LogP contribution in [0.2, 0.25) is 0 Å². The van der Waals surface area contributed by atoms with E-state index in [1.54, 1.807) is 6.20 Å². The lowest BCUT2D eigenvalue weighted by Crippen LogP contribution is -2.45. The minimum absolute atomic E-state index is 0.0697. The molecule has 7 heteroatoms. The van der Waals surface area contributed by atoms with Crippen LogP contribution in [0.5, 0.6) is 5.75 Å². The minimum Gasteiger partial charge on any atom is -0.492 e. The predicted octanol–water partition coefficient (Wildman–Crippen LogP) is 3.75. The van der Waals surface area contributed by atoms with Gasteiger partial charge in [0, 0.05) is 62.4 Å². The maximum atomic E-state index is 12.5. The van der Waals surface area contributed by atoms with E-state index in [-0.39, 0.29) is 17.6 Å². The number of hydrogen-bond acceptors (Lipinski definition) is 7.